The highest BCUT2D eigenvalue weighted by atomic mass is 16.7. The number of rotatable bonds is 8. The van der Waals surface area contributed by atoms with Gasteiger partial charge in [-0.05, 0) is 12.1 Å². The van der Waals surface area contributed by atoms with Crippen LogP contribution in [0.25, 0.3) is 0 Å². The first kappa shape index (κ1) is 15.3. The number of hydrogen-bond acceptors (Lipinski definition) is 5. The Hall–Kier alpha value is -1.79. The highest BCUT2D eigenvalue weighted by Crippen LogP contribution is 2.25. The highest BCUT2D eigenvalue weighted by molar-refractivity contribution is 5.77. The first-order valence-corrected chi connectivity index (χ1v) is 5.79. The summed E-state index contributed by atoms with van der Waals surface area (Å²) in [5.41, 5.74) is 0. The van der Waals surface area contributed by atoms with Crippen LogP contribution < -0.4 is 14.8 Å². The summed E-state index contributed by atoms with van der Waals surface area (Å²) >= 11 is 0. The zero-order valence-electron chi connectivity index (χ0n) is 11.3. The van der Waals surface area contributed by atoms with Crippen molar-refractivity contribution in [2.45, 2.75) is 6.29 Å². The fourth-order valence-electron chi connectivity index (χ4n) is 1.39. The third kappa shape index (κ3) is 5.15. The van der Waals surface area contributed by atoms with Crippen molar-refractivity contribution < 1.29 is 23.7 Å². The molecule has 106 valence electrons. The maximum atomic E-state index is 11.6. The van der Waals surface area contributed by atoms with Gasteiger partial charge in [0.05, 0.1) is 13.7 Å². The number of nitrogens with one attached hydrogen (secondary N) is 1. The average Bonchev–Trinajstić information content (AvgIpc) is 2.46. The topological polar surface area (TPSA) is 66.0 Å². The molecule has 1 rings (SSSR count). The van der Waals surface area contributed by atoms with Gasteiger partial charge in [-0.15, -0.1) is 0 Å². The van der Waals surface area contributed by atoms with Gasteiger partial charge < -0.3 is 24.3 Å². The van der Waals surface area contributed by atoms with E-state index in [1.165, 1.54) is 14.2 Å². The van der Waals surface area contributed by atoms with Crippen molar-refractivity contribution in [2.24, 2.45) is 0 Å². The zero-order chi connectivity index (χ0) is 14.1. The molecule has 0 heterocycles. The Labute approximate surface area is 112 Å². The summed E-state index contributed by atoms with van der Waals surface area (Å²) in [5, 5.41) is 2.64. The third-order valence-corrected chi connectivity index (χ3v) is 2.42. The number of benzene rings is 1. The van der Waals surface area contributed by atoms with Crippen LogP contribution >= 0.6 is 0 Å². The summed E-state index contributed by atoms with van der Waals surface area (Å²) in [6.45, 7) is 0.168. The molecule has 6 nitrogen and oxygen atoms in total. The van der Waals surface area contributed by atoms with Crippen molar-refractivity contribution in [3.05, 3.63) is 24.3 Å². The average molecular weight is 269 g/mol. The Kier molecular flexibility index (Phi) is 6.70. The molecule has 0 unspecified atom stereocenters. The lowest BCUT2D eigenvalue weighted by Gasteiger charge is -2.14. The van der Waals surface area contributed by atoms with E-state index in [1.807, 2.05) is 12.1 Å². The second-order valence-electron chi connectivity index (χ2n) is 3.64. The van der Waals surface area contributed by atoms with E-state index in [0.717, 1.165) is 0 Å². The van der Waals surface area contributed by atoms with Gasteiger partial charge in [0.1, 0.15) is 0 Å². The molecule has 0 spiro atoms. The molecule has 6 heteroatoms. The minimum atomic E-state index is -0.463. The number of hydrogen-bond donors (Lipinski definition) is 1. The predicted molar refractivity (Wildman–Crippen MR) is 69.3 cm³/mol. The van der Waals surface area contributed by atoms with Gasteiger partial charge >= 0.3 is 0 Å². The van der Waals surface area contributed by atoms with Crippen LogP contribution in [0.2, 0.25) is 0 Å². The molecule has 0 bridgehead atoms. The summed E-state index contributed by atoms with van der Waals surface area (Å²) in [6, 6.07) is 7.13. The molecule has 1 N–H and O–H groups in total. The number of carbonyl (C=O) groups excluding carboxylic acids is 1. The van der Waals surface area contributed by atoms with Crippen LogP contribution in [0, 0.1) is 0 Å². The Balaban J connectivity index is 2.37. The van der Waals surface area contributed by atoms with E-state index in [4.69, 9.17) is 18.9 Å². The highest BCUT2D eigenvalue weighted by Gasteiger charge is 2.09. The van der Waals surface area contributed by atoms with Gasteiger partial charge in [0.2, 0.25) is 0 Å². The minimum Gasteiger partial charge on any atom is -0.493 e. The van der Waals surface area contributed by atoms with E-state index in [1.54, 1.807) is 19.2 Å². The third-order valence-electron chi connectivity index (χ3n) is 2.42. The molecule has 0 radical (unpaired) electrons. The maximum absolute atomic E-state index is 11.6. The van der Waals surface area contributed by atoms with E-state index in [2.05, 4.69) is 5.32 Å². The van der Waals surface area contributed by atoms with E-state index in [9.17, 15) is 4.79 Å². The molecule has 0 saturated carbocycles. The van der Waals surface area contributed by atoms with Crippen molar-refractivity contribution in [3.8, 4) is 11.5 Å². The monoisotopic (exact) mass is 269 g/mol. The van der Waals surface area contributed by atoms with Crippen molar-refractivity contribution in [1.29, 1.82) is 0 Å². The van der Waals surface area contributed by atoms with Crippen molar-refractivity contribution in [1.82, 2.24) is 5.32 Å². The SMILES string of the molecule is COc1ccccc1OCC(=O)NCC(OC)OC. The van der Waals surface area contributed by atoms with Crippen LogP contribution in [0.5, 0.6) is 11.5 Å². The fraction of sp³-hybridized carbons (Fsp3) is 0.462. The normalized spacial score (nSPS) is 10.3. The maximum Gasteiger partial charge on any atom is 0.258 e. The molecule has 0 fully saturated rings. The van der Waals surface area contributed by atoms with Gasteiger partial charge in [0.15, 0.2) is 24.4 Å². The second-order valence-corrected chi connectivity index (χ2v) is 3.64. The van der Waals surface area contributed by atoms with Crippen LogP contribution in [0.1, 0.15) is 0 Å². The summed E-state index contributed by atoms with van der Waals surface area (Å²) in [5.74, 6) is 0.849. The van der Waals surface area contributed by atoms with Gasteiger partial charge in [-0.25, -0.2) is 0 Å². The second kappa shape index (κ2) is 8.34. The van der Waals surface area contributed by atoms with E-state index in [0.29, 0.717) is 11.5 Å². The molecular formula is C13H19NO5. The molecular weight excluding hydrogens is 250 g/mol. The van der Waals surface area contributed by atoms with E-state index >= 15 is 0 Å². The standard InChI is InChI=1S/C13H19NO5/c1-16-10-6-4-5-7-11(10)19-9-12(15)14-8-13(17-2)18-3/h4-7,13H,8-9H2,1-3H3,(H,14,15). The molecule has 0 atom stereocenters. The van der Waals surface area contributed by atoms with Crippen molar-refractivity contribution in [2.75, 3.05) is 34.5 Å². The summed E-state index contributed by atoms with van der Waals surface area (Å²) in [7, 11) is 4.56. The number of ether oxygens (including phenoxy) is 4. The zero-order valence-corrected chi connectivity index (χ0v) is 11.3. The molecule has 0 aliphatic rings. The molecule has 0 aromatic heterocycles. The van der Waals surface area contributed by atoms with Crippen LogP contribution in [0.3, 0.4) is 0 Å². The van der Waals surface area contributed by atoms with Gasteiger partial charge in [-0.1, -0.05) is 12.1 Å². The van der Waals surface area contributed by atoms with Crippen LogP contribution in [0.4, 0.5) is 0 Å². The van der Waals surface area contributed by atoms with Crippen LogP contribution in [-0.4, -0.2) is 46.7 Å². The Morgan fingerprint density at radius 2 is 1.79 bits per heavy atom. The van der Waals surface area contributed by atoms with Crippen molar-refractivity contribution >= 4 is 5.91 Å². The molecule has 1 aromatic rings. The lowest BCUT2D eigenvalue weighted by atomic mass is 10.3. The molecule has 1 amide bonds. The lowest BCUT2D eigenvalue weighted by molar-refractivity contribution is -0.129. The minimum absolute atomic E-state index is 0.0967. The Morgan fingerprint density at radius 3 is 2.37 bits per heavy atom. The summed E-state index contributed by atoms with van der Waals surface area (Å²) < 4.78 is 20.4. The molecule has 0 saturated heterocycles. The lowest BCUT2D eigenvalue weighted by Crippen LogP contribution is -2.36. The van der Waals surface area contributed by atoms with Gasteiger partial charge in [-0.2, -0.15) is 0 Å². The summed E-state index contributed by atoms with van der Waals surface area (Å²) in [6.07, 6.45) is -0.463. The number of amides is 1. The van der Waals surface area contributed by atoms with Crippen LogP contribution in [0.15, 0.2) is 24.3 Å². The van der Waals surface area contributed by atoms with E-state index < -0.39 is 6.29 Å². The largest absolute Gasteiger partial charge is 0.493 e. The van der Waals surface area contributed by atoms with Crippen molar-refractivity contribution in [3.63, 3.8) is 0 Å². The quantitative estimate of drug-likeness (QED) is 0.707. The smallest absolute Gasteiger partial charge is 0.258 e. The Bertz CT molecular complexity index is 392. The fourth-order valence-corrected chi connectivity index (χ4v) is 1.39. The van der Waals surface area contributed by atoms with E-state index in [-0.39, 0.29) is 19.1 Å². The molecule has 0 aliphatic heterocycles. The first-order valence-electron chi connectivity index (χ1n) is 5.79. The van der Waals surface area contributed by atoms with Gasteiger partial charge in [0, 0.05) is 14.2 Å². The number of para-hydroxylation sites is 2. The number of methoxy groups -OCH3 is 3. The van der Waals surface area contributed by atoms with Gasteiger partial charge in [0.25, 0.3) is 5.91 Å². The molecule has 19 heavy (non-hydrogen) atoms. The summed E-state index contributed by atoms with van der Waals surface area (Å²) in [4.78, 5) is 11.6. The van der Waals surface area contributed by atoms with Crippen LogP contribution in [-0.2, 0) is 14.3 Å². The first-order chi connectivity index (χ1) is 9.21. The molecule has 0 aliphatic carbocycles. The Morgan fingerprint density at radius 1 is 1.16 bits per heavy atom. The van der Waals surface area contributed by atoms with Gasteiger partial charge in [-0.3, -0.25) is 4.79 Å². The number of carbonyl (C=O) groups is 1. The molecule has 1 aromatic carbocycles. The predicted octanol–water partition coefficient (Wildman–Crippen LogP) is 0.809.